The summed E-state index contributed by atoms with van der Waals surface area (Å²) in [6.07, 6.45) is 3.59. The van der Waals surface area contributed by atoms with Crippen molar-refractivity contribution in [2.24, 2.45) is 5.92 Å². The highest BCUT2D eigenvalue weighted by atomic mass is 16.5. The smallest absolute Gasteiger partial charge is 0.243 e. The average Bonchev–Trinajstić information content (AvgIpc) is 3.53. The summed E-state index contributed by atoms with van der Waals surface area (Å²) in [5.74, 6) is 0.706. The molecule has 6 heteroatoms. The van der Waals surface area contributed by atoms with Crippen LogP contribution >= 0.6 is 0 Å². The Labute approximate surface area is 165 Å². The number of carbonyl (C=O) groups excluding carboxylic acids is 2. The molecule has 0 aliphatic heterocycles. The Bertz CT molecular complexity index is 875. The lowest BCUT2D eigenvalue weighted by Gasteiger charge is -2.14. The number of rotatable bonds is 9. The number of benzene rings is 2. The van der Waals surface area contributed by atoms with E-state index in [2.05, 4.69) is 22.5 Å². The van der Waals surface area contributed by atoms with Gasteiger partial charge in [-0.25, -0.2) is 0 Å². The second kappa shape index (κ2) is 9.08. The second-order valence-corrected chi connectivity index (χ2v) is 6.77. The zero-order valence-corrected chi connectivity index (χ0v) is 16.0. The largest absolute Gasteiger partial charge is 0.489 e. The van der Waals surface area contributed by atoms with Crippen molar-refractivity contribution in [2.75, 3.05) is 29.1 Å². The van der Waals surface area contributed by atoms with Crippen LogP contribution in [0.4, 0.5) is 17.1 Å². The predicted octanol–water partition coefficient (Wildman–Crippen LogP) is 3.96. The summed E-state index contributed by atoms with van der Waals surface area (Å²) >= 11 is 0. The third-order valence-electron chi connectivity index (χ3n) is 4.46. The van der Waals surface area contributed by atoms with Crippen molar-refractivity contribution < 1.29 is 14.3 Å². The molecule has 0 aromatic heterocycles. The molecule has 0 saturated heterocycles. The van der Waals surface area contributed by atoms with Crippen molar-refractivity contribution in [3.8, 4) is 5.75 Å². The van der Waals surface area contributed by atoms with Crippen LogP contribution in [0.2, 0.25) is 0 Å². The first-order chi connectivity index (χ1) is 13.6. The Morgan fingerprint density at radius 2 is 1.89 bits per heavy atom. The molecule has 0 bridgehead atoms. The first-order valence-corrected chi connectivity index (χ1v) is 9.35. The SMILES string of the molecule is C=CCOc1cccc(NC(=O)CNc2cccc(NC(=O)C3CC3)c2C)c1. The van der Waals surface area contributed by atoms with Gasteiger partial charge in [0.1, 0.15) is 12.4 Å². The van der Waals surface area contributed by atoms with Gasteiger partial charge in [-0.1, -0.05) is 24.8 Å². The van der Waals surface area contributed by atoms with E-state index in [9.17, 15) is 9.59 Å². The standard InChI is InChI=1S/C22H25N3O3/c1-3-12-28-18-7-4-6-17(13-18)24-21(26)14-23-19-8-5-9-20(15(19)2)25-22(27)16-10-11-16/h3-9,13,16,23H,1,10-12,14H2,2H3,(H,24,26)(H,25,27). The number of anilines is 3. The summed E-state index contributed by atoms with van der Waals surface area (Å²) in [5.41, 5.74) is 3.15. The van der Waals surface area contributed by atoms with E-state index in [-0.39, 0.29) is 24.3 Å². The summed E-state index contributed by atoms with van der Waals surface area (Å²) in [4.78, 5) is 24.3. The minimum atomic E-state index is -0.173. The van der Waals surface area contributed by atoms with Gasteiger partial charge in [0, 0.05) is 29.0 Å². The van der Waals surface area contributed by atoms with Gasteiger partial charge in [-0.2, -0.15) is 0 Å². The number of amides is 2. The number of nitrogens with one attached hydrogen (secondary N) is 3. The predicted molar refractivity (Wildman–Crippen MR) is 112 cm³/mol. The van der Waals surface area contributed by atoms with E-state index in [0.717, 1.165) is 29.8 Å². The molecular formula is C22H25N3O3. The van der Waals surface area contributed by atoms with Crippen molar-refractivity contribution in [1.29, 1.82) is 0 Å². The Balaban J connectivity index is 1.55. The van der Waals surface area contributed by atoms with Gasteiger partial charge in [0.15, 0.2) is 0 Å². The number of carbonyl (C=O) groups is 2. The van der Waals surface area contributed by atoms with Crippen molar-refractivity contribution in [3.63, 3.8) is 0 Å². The molecule has 2 amide bonds. The van der Waals surface area contributed by atoms with Gasteiger partial charge >= 0.3 is 0 Å². The van der Waals surface area contributed by atoms with Gasteiger partial charge in [0.05, 0.1) is 6.54 Å². The molecular weight excluding hydrogens is 354 g/mol. The third kappa shape index (κ3) is 5.36. The third-order valence-corrected chi connectivity index (χ3v) is 4.46. The number of hydrogen-bond acceptors (Lipinski definition) is 4. The van der Waals surface area contributed by atoms with Crippen LogP contribution in [0.15, 0.2) is 55.1 Å². The Kier molecular flexibility index (Phi) is 6.32. The molecule has 146 valence electrons. The van der Waals surface area contributed by atoms with Crippen LogP contribution in [-0.2, 0) is 9.59 Å². The summed E-state index contributed by atoms with van der Waals surface area (Å²) in [5, 5.41) is 8.94. The highest BCUT2D eigenvalue weighted by molar-refractivity contribution is 5.96. The van der Waals surface area contributed by atoms with Crippen LogP contribution in [0.3, 0.4) is 0 Å². The molecule has 2 aromatic rings. The summed E-state index contributed by atoms with van der Waals surface area (Å²) in [7, 11) is 0. The lowest BCUT2D eigenvalue weighted by atomic mass is 10.1. The molecule has 1 aliphatic rings. The topological polar surface area (TPSA) is 79.5 Å². The van der Waals surface area contributed by atoms with Crippen molar-refractivity contribution in [3.05, 3.63) is 60.7 Å². The highest BCUT2D eigenvalue weighted by Gasteiger charge is 2.29. The van der Waals surface area contributed by atoms with E-state index in [1.54, 1.807) is 18.2 Å². The van der Waals surface area contributed by atoms with E-state index in [4.69, 9.17) is 4.74 Å². The zero-order chi connectivity index (χ0) is 19.9. The van der Waals surface area contributed by atoms with Gasteiger partial charge < -0.3 is 20.7 Å². The summed E-state index contributed by atoms with van der Waals surface area (Å²) in [6, 6.07) is 12.8. The first kappa shape index (κ1) is 19.5. The quantitative estimate of drug-likeness (QED) is 0.576. The molecule has 3 N–H and O–H groups in total. The number of hydrogen-bond donors (Lipinski definition) is 3. The minimum Gasteiger partial charge on any atom is -0.489 e. The van der Waals surface area contributed by atoms with Crippen LogP contribution in [0.25, 0.3) is 0 Å². The van der Waals surface area contributed by atoms with E-state index >= 15 is 0 Å². The second-order valence-electron chi connectivity index (χ2n) is 6.77. The van der Waals surface area contributed by atoms with Gasteiger partial charge in [-0.15, -0.1) is 0 Å². The van der Waals surface area contributed by atoms with E-state index < -0.39 is 0 Å². The fourth-order valence-electron chi connectivity index (χ4n) is 2.74. The molecule has 0 atom stereocenters. The van der Waals surface area contributed by atoms with Gasteiger partial charge in [-0.3, -0.25) is 9.59 Å². The summed E-state index contributed by atoms with van der Waals surface area (Å²) < 4.78 is 5.47. The van der Waals surface area contributed by atoms with Crippen LogP contribution < -0.4 is 20.7 Å². The molecule has 2 aromatic carbocycles. The molecule has 28 heavy (non-hydrogen) atoms. The van der Waals surface area contributed by atoms with Crippen LogP contribution in [0.1, 0.15) is 18.4 Å². The molecule has 0 unspecified atom stereocenters. The van der Waals surface area contributed by atoms with Crippen LogP contribution in [0.5, 0.6) is 5.75 Å². The van der Waals surface area contributed by atoms with E-state index in [1.165, 1.54) is 0 Å². The van der Waals surface area contributed by atoms with E-state index in [0.29, 0.717) is 18.0 Å². The highest BCUT2D eigenvalue weighted by Crippen LogP contribution is 2.31. The Hall–Kier alpha value is -3.28. The molecule has 1 aliphatic carbocycles. The summed E-state index contributed by atoms with van der Waals surface area (Å²) in [6.45, 7) is 6.05. The minimum absolute atomic E-state index is 0.0662. The lowest BCUT2D eigenvalue weighted by molar-refractivity contribution is -0.117. The van der Waals surface area contributed by atoms with Gasteiger partial charge in [-0.05, 0) is 49.6 Å². The Morgan fingerprint density at radius 1 is 1.14 bits per heavy atom. The molecule has 3 rings (SSSR count). The molecule has 0 spiro atoms. The molecule has 1 fully saturated rings. The van der Waals surface area contributed by atoms with Crippen molar-refractivity contribution >= 4 is 28.9 Å². The van der Waals surface area contributed by atoms with Gasteiger partial charge in [0.25, 0.3) is 0 Å². The van der Waals surface area contributed by atoms with Crippen LogP contribution in [-0.4, -0.2) is 25.0 Å². The van der Waals surface area contributed by atoms with Crippen molar-refractivity contribution in [1.82, 2.24) is 0 Å². The van der Waals surface area contributed by atoms with Crippen LogP contribution in [0, 0.1) is 12.8 Å². The van der Waals surface area contributed by atoms with Crippen molar-refractivity contribution in [2.45, 2.75) is 19.8 Å². The first-order valence-electron chi connectivity index (χ1n) is 9.35. The fraction of sp³-hybridized carbons (Fsp3) is 0.273. The number of ether oxygens (including phenoxy) is 1. The normalized spacial score (nSPS) is 12.8. The maximum absolute atomic E-state index is 12.3. The van der Waals surface area contributed by atoms with E-state index in [1.807, 2.05) is 37.3 Å². The maximum atomic E-state index is 12.3. The average molecular weight is 379 g/mol. The molecule has 6 nitrogen and oxygen atoms in total. The monoisotopic (exact) mass is 379 g/mol. The molecule has 0 radical (unpaired) electrons. The maximum Gasteiger partial charge on any atom is 0.243 e. The molecule has 1 saturated carbocycles. The fourth-order valence-corrected chi connectivity index (χ4v) is 2.74. The Morgan fingerprint density at radius 3 is 2.64 bits per heavy atom. The zero-order valence-electron chi connectivity index (χ0n) is 16.0. The van der Waals surface area contributed by atoms with Gasteiger partial charge in [0.2, 0.25) is 11.8 Å². The lowest BCUT2D eigenvalue weighted by Crippen LogP contribution is -2.22. The molecule has 0 heterocycles.